The molecule has 1 aromatic rings. The summed E-state index contributed by atoms with van der Waals surface area (Å²) in [5, 5.41) is 13.5. The lowest BCUT2D eigenvalue weighted by atomic mass is 9.94. The number of aliphatic hydroxyl groups is 1. The molecule has 0 spiro atoms. The van der Waals surface area contributed by atoms with Gasteiger partial charge in [-0.25, -0.2) is 9.97 Å². The number of anilines is 2. The molecule has 5 heteroatoms. The van der Waals surface area contributed by atoms with E-state index in [0.717, 1.165) is 12.0 Å². The molecular formula is C14H26N4O. The van der Waals surface area contributed by atoms with E-state index in [1.807, 2.05) is 20.8 Å². The highest BCUT2D eigenvalue weighted by atomic mass is 16.3. The zero-order valence-electron chi connectivity index (χ0n) is 12.6. The van der Waals surface area contributed by atoms with Gasteiger partial charge in [-0.2, -0.15) is 0 Å². The zero-order chi connectivity index (χ0) is 14.6. The summed E-state index contributed by atoms with van der Waals surface area (Å²) in [6.45, 7) is 10.6. The van der Waals surface area contributed by atoms with Crippen LogP contribution in [0, 0.1) is 5.92 Å². The summed E-state index contributed by atoms with van der Waals surface area (Å²) < 4.78 is 0. The lowest BCUT2D eigenvalue weighted by molar-refractivity contribution is 0.0514. The van der Waals surface area contributed by atoms with Crippen LogP contribution >= 0.6 is 0 Å². The van der Waals surface area contributed by atoms with E-state index in [2.05, 4.69) is 29.1 Å². The fourth-order valence-electron chi connectivity index (χ4n) is 2.35. The Morgan fingerprint density at radius 2 is 1.95 bits per heavy atom. The minimum absolute atomic E-state index is 0.235. The molecular weight excluding hydrogens is 240 g/mol. The molecule has 0 fully saturated rings. The Kier molecular flexibility index (Phi) is 5.11. The van der Waals surface area contributed by atoms with Crippen molar-refractivity contribution in [2.45, 2.75) is 52.6 Å². The van der Waals surface area contributed by atoms with E-state index in [1.54, 1.807) is 0 Å². The fourth-order valence-corrected chi connectivity index (χ4v) is 2.35. The molecule has 0 saturated heterocycles. The second kappa shape index (κ2) is 6.19. The van der Waals surface area contributed by atoms with Gasteiger partial charge in [-0.3, -0.25) is 0 Å². The van der Waals surface area contributed by atoms with Gasteiger partial charge in [0.15, 0.2) is 0 Å². The van der Waals surface area contributed by atoms with Gasteiger partial charge < -0.3 is 16.2 Å². The van der Waals surface area contributed by atoms with E-state index in [1.165, 1.54) is 6.33 Å². The van der Waals surface area contributed by atoms with Crippen LogP contribution in [0.3, 0.4) is 0 Å². The Bertz CT molecular complexity index is 416. The van der Waals surface area contributed by atoms with Crippen molar-refractivity contribution < 1.29 is 5.11 Å². The molecule has 0 saturated carbocycles. The molecule has 1 heterocycles. The maximum Gasteiger partial charge on any atom is 0.135 e. The maximum absolute atomic E-state index is 10.3. The molecule has 0 amide bonds. The van der Waals surface area contributed by atoms with Crippen molar-refractivity contribution in [1.29, 1.82) is 0 Å². The third kappa shape index (κ3) is 4.67. The summed E-state index contributed by atoms with van der Waals surface area (Å²) in [5.74, 6) is 1.89. The van der Waals surface area contributed by atoms with Gasteiger partial charge in [-0.05, 0) is 25.2 Å². The molecule has 1 unspecified atom stereocenters. The molecule has 108 valence electrons. The first kappa shape index (κ1) is 15.7. The number of nitrogens with two attached hydrogens (primary N) is 1. The highest BCUT2D eigenvalue weighted by Gasteiger charge is 2.23. The Labute approximate surface area is 115 Å². The number of nitrogen functional groups attached to an aromatic ring is 1. The van der Waals surface area contributed by atoms with Gasteiger partial charge in [-0.1, -0.05) is 27.7 Å². The van der Waals surface area contributed by atoms with Crippen LogP contribution in [-0.2, 0) is 0 Å². The lowest BCUT2D eigenvalue weighted by Crippen LogP contribution is -2.35. The first-order valence-electron chi connectivity index (χ1n) is 6.79. The smallest absolute Gasteiger partial charge is 0.135 e. The van der Waals surface area contributed by atoms with Gasteiger partial charge in [0, 0.05) is 12.1 Å². The molecule has 4 N–H and O–H groups in total. The molecule has 0 aliphatic rings. The first-order valence-corrected chi connectivity index (χ1v) is 6.79. The third-order valence-corrected chi connectivity index (χ3v) is 2.98. The Morgan fingerprint density at radius 1 is 1.32 bits per heavy atom. The van der Waals surface area contributed by atoms with Crippen LogP contribution in [0.1, 0.15) is 52.5 Å². The van der Waals surface area contributed by atoms with Crippen LogP contribution in [0.15, 0.2) is 6.33 Å². The Balaban J connectivity index is 2.81. The van der Waals surface area contributed by atoms with E-state index >= 15 is 0 Å². The number of aromatic nitrogens is 2. The van der Waals surface area contributed by atoms with E-state index in [9.17, 15) is 5.11 Å². The third-order valence-electron chi connectivity index (χ3n) is 2.98. The summed E-state index contributed by atoms with van der Waals surface area (Å²) in [7, 11) is 0. The van der Waals surface area contributed by atoms with E-state index < -0.39 is 5.60 Å². The highest BCUT2D eigenvalue weighted by molar-refractivity contribution is 5.56. The molecule has 0 aliphatic carbocycles. The summed E-state index contributed by atoms with van der Waals surface area (Å²) in [6, 6.07) is 0. The predicted octanol–water partition coefficient (Wildman–Crippen LogP) is 2.39. The molecule has 19 heavy (non-hydrogen) atoms. The Hall–Kier alpha value is -1.36. The van der Waals surface area contributed by atoms with E-state index in [4.69, 9.17) is 5.73 Å². The monoisotopic (exact) mass is 266 g/mol. The number of hydrogen-bond acceptors (Lipinski definition) is 5. The zero-order valence-corrected chi connectivity index (χ0v) is 12.6. The topological polar surface area (TPSA) is 84.1 Å². The normalized spacial score (nSPS) is 14.7. The van der Waals surface area contributed by atoms with Crippen molar-refractivity contribution in [3.8, 4) is 0 Å². The van der Waals surface area contributed by atoms with Crippen LogP contribution in [0.5, 0.6) is 0 Å². The van der Waals surface area contributed by atoms with Gasteiger partial charge in [0.1, 0.15) is 18.0 Å². The van der Waals surface area contributed by atoms with Gasteiger partial charge in [0.05, 0.1) is 5.60 Å². The summed E-state index contributed by atoms with van der Waals surface area (Å²) >= 11 is 0. The molecule has 1 aromatic heterocycles. The van der Waals surface area contributed by atoms with Crippen molar-refractivity contribution in [3.05, 3.63) is 11.9 Å². The lowest BCUT2D eigenvalue weighted by Gasteiger charge is -2.26. The standard InChI is InChI=1S/C14H26N4O/c1-9(2)6-14(5,19)7-16-13-11(10(3)4)12(15)17-8-18-13/h8-10,19H,6-7H2,1-5H3,(H3,15,16,17,18). The minimum Gasteiger partial charge on any atom is -0.388 e. The second-order valence-corrected chi connectivity index (χ2v) is 6.12. The van der Waals surface area contributed by atoms with Crippen LogP contribution in [0.25, 0.3) is 0 Å². The molecule has 0 bridgehead atoms. The van der Waals surface area contributed by atoms with Crippen LogP contribution in [-0.4, -0.2) is 27.2 Å². The number of rotatable bonds is 6. The predicted molar refractivity (Wildman–Crippen MR) is 79.1 cm³/mol. The van der Waals surface area contributed by atoms with Crippen LogP contribution in [0.2, 0.25) is 0 Å². The van der Waals surface area contributed by atoms with Gasteiger partial charge in [0.2, 0.25) is 0 Å². The fraction of sp³-hybridized carbons (Fsp3) is 0.714. The summed E-state index contributed by atoms with van der Waals surface area (Å²) in [4.78, 5) is 8.25. The van der Waals surface area contributed by atoms with Crippen molar-refractivity contribution in [2.24, 2.45) is 5.92 Å². The van der Waals surface area contributed by atoms with Crippen molar-refractivity contribution >= 4 is 11.6 Å². The molecule has 5 nitrogen and oxygen atoms in total. The van der Waals surface area contributed by atoms with Crippen molar-refractivity contribution in [2.75, 3.05) is 17.6 Å². The van der Waals surface area contributed by atoms with E-state index in [-0.39, 0.29) is 5.92 Å². The second-order valence-electron chi connectivity index (χ2n) is 6.12. The van der Waals surface area contributed by atoms with Crippen LogP contribution < -0.4 is 11.1 Å². The summed E-state index contributed by atoms with van der Waals surface area (Å²) in [5.41, 5.74) is 6.03. The molecule has 1 rings (SSSR count). The Morgan fingerprint density at radius 3 is 2.47 bits per heavy atom. The minimum atomic E-state index is -0.762. The largest absolute Gasteiger partial charge is 0.388 e. The quantitative estimate of drug-likeness (QED) is 0.736. The van der Waals surface area contributed by atoms with Gasteiger partial charge in [0.25, 0.3) is 0 Å². The number of nitrogens with one attached hydrogen (secondary N) is 1. The SMILES string of the molecule is CC(C)CC(C)(O)CNc1ncnc(N)c1C(C)C. The van der Waals surface area contributed by atoms with E-state index in [0.29, 0.717) is 24.1 Å². The first-order chi connectivity index (χ1) is 8.73. The molecule has 0 aliphatic heterocycles. The molecule has 1 atom stereocenters. The molecule has 0 radical (unpaired) electrons. The number of hydrogen-bond donors (Lipinski definition) is 3. The van der Waals surface area contributed by atoms with Gasteiger partial charge in [-0.15, -0.1) is 0 Å². The van der Waals surface area contributed by atoms with Crippen LogP contribution in [0.4, 0.5) is 11.6 Å². The molecule has 0 aromatic carbocycles. The highest BCUT2D eigenvalue weighted by Crippen LogP contribution is 2.27. The number of nitrogens with zero attached hydrogens (tertiary/aromatic N) is 2. The average Bonchev–Trinajstić information content (AvgIpc) is 2.24. The van der Waals surface area contributed by atoms with Crippen molar-refractivity contribution in [1.82, 2.24) is 9.97 Å². The average molecular weight is 266 g/mol. The van der Waals surface area contributed by atoms with Crippen molar-refractivity contribution in [3.63, 3.8) is 0 Å². The summed E-state index contributed by atoms with van der Waals surface area (Å²) in [6.07, 6.45) is 2.18. The van der Waals surface area contributed by atoms with Gasteiger partial charge >= 0.3 is 0 Å². The maximum atomic E-state index is 10.3.